The number of rotatable bonds is 45. The lowest BCUT2D eigenvalue weighted by Crippen LogP contribution is -2.45. The average Bonchev–Trinajstić information content (AvgIpc) is 3.23. The van der Waals surface area contributed by atoms with Crippen LogP contribution >= 0.6 is 0 Å². The minimum Gasteiger partial charge on any atom is -0.380 e. The Hall–Kier alpha value is -4.54. The maximum absolute atomic E-state index is 8.55. The topological polar surface area (TPSA) is 361 Å². The highest BCUT2D eigenvalue weighted by molar-refractivity contribution is 4.71. The Bertz CT molecular complexity index is 1050. The largest absolute Gasteiger partial charge is 0.380 e. The van der Waals surface area contributed by atoms with Crippen LogP contribution in [0, 0.1) is 0 Å². The van der Waals surface area contributed by atoms with Crippen molar-refractivity contribution < 1.29 is 28.4 Å². The van der Waals surface area contributed by atoms with Gasteiger partial charge in [-0.2, -0.15) is 0 Å². The first-order valence-corrected chi connectivity index (χ1v) is 19.1. The quantitative estimate of drug-likeness (QED) is 0.0365. The summed E-state index contributed by atoms with van der Waals surface area (Å²) in [5.41, 5.74) is 51.3. The lowest BCUT2D eigenvalue weighted by Gasteiger charge is -2.32. The van der Waals surface area contributed by atoms with Gasteiger partial charge < -0.3 is 28.4 Å². The summed E-state index contributed by atoms with van der Waals surface area (Å²) in [4.78, 5) is 25.6. The summed E-state index contributed by atoms with van der Waals surface area (Å²) >= 11 is 0. The van der Waals surface area contributed by atoms with Crippen LogP contribution in [0.5, 0.6) is 0 Å². The third-order valence-electron chi connectivity index (χ3n) is 7.90. The van der Waals surface area contributed by atoms with Crippen LogP contribution in [-0.4, -0.2) is 217 Å². The summed E-state index contributed by atoms with van der Waals surface area (Å²) in [5, 5.41) is 21.1. The highest BCUT2D eigenvalue weighted by atomic mass is 16.5. The molecule has 28 heteroatoms. The molecule has 28 nitrogen and oxygen atoms in total. The van der Waals surface area contributed by atoms with Crippen molar-refractivity contribution in [2.75, 3.05) is 197 Å². The molecule has 0 spiro atoms. The maximum Gasteiger partial charge on any atom is 0.0593 e. The van der Waals surface area contributed by atoms with Gasteiger partial charge >= 0.3 is 0 Å². The Morgan fingerprint density at radius 2 is 0.397 bits per heavy atom. The zero-order valence-corrected chi connectivity index (χ0v) is 33.5. The molecule has 0 aliphatic carbocycles. The Labute approximate surface area is 338 Å². The van der Waals surface area contributed by atoms with Crippen molar-refractivity contribution in [1.29, 1.82) is 0 Å². The van der Waals surface area contributed by atoms with Gasteiger partial charge in [-0.25, -0.2) is 0 Å². The summed E-state index contributed by atoms with van der Waals surface area (Å²) in [6, 6.07) is 0. The summed E-state index contributed by atoms with van der Waals surface area (Å²) < 4.78 is 34.2. The molecule has 0 fully saturated rings. The predicted molar refractivity (Wildman–Crippen MR) is 215 cm³/mol. The molecule has 58 heavy (non-hydrogen) atoms. The minimum atomic E-state index is 0.245. The van der Waals surface area contributed by atoms with Gasteiger partial charge in [0.15, 0.2) is 0 Å². The maximum atomic E-state index is 8.55. The Balaban J connectivity index is 5.88. The van der Waals surface area contributed by atoms with E-state index in [1.165, 1.54) is 0 Å². The third-order valence-corrected chi connectivity index (χ3v) is 7.90. The van der Waals surface area contributed by atoms with E-state index in [1.54, 1.807) is 0 Å². The zero-order chi connectivity index (χ0) is 42.3. The van der Waals surface area contributed by atoms with Gasteiger partial charge in [0.1, 0.15) is 0 Å². The summed E-state index contributed by atoms with van der Waals surface area (Å²) in [6.07, 6.45) is 0. The second kappa shape index (κ2) is 45.2. The lowest BCUT2D eigenvalue weighted by molar-refractivity contribution is 0.0590. The SMILES string of the molecule is [N-]=[N+]=NCCOCCN(CCOCCN=[N+]=[N-])CCN(CCN(CCOCCN=[N+]=[N-])CCOCCN=[N+]=[N-])CCN(CCOCCN=[N+]=[N-])CCOCCN=[N+]=[N-]. The van der Waals surface area contributed by atoms with Crippen LogP contribution in [0.3, 0.4) is 0 Å². The van der Waals surface area contributed by atoms with E-state index in [0.717, 1.165) is 0 Å². The van der Waals surface area contributed by atoms with Crippen LogP contribution in [-0.2, 0) is 28.4 Å². The number of hydrogen-bond donors (Lipinski definition) is 0. The van der Waals surface area contributed by atoms with Crippen molar-refractivity contribution in [1.82, 2.24) is 19.6 Å². The normalized spacial score (nSPS) is 10.8. The molecule has 0 saturated carbocycles. The van der Waals surface area contributed by atoms with Crippen LogP contribution in [0.2, 0.25) is 0 Å². The minimum absolute atomic E-state index is 0.245. The molecule has 0 aromatic heterocycles. The summed E-state index contributed by atoms with van der Waals surface area (Å²) in [5.74, 6) is 0. The van der Waals surface area contributed by atoms with Crippen molar-refractivity contribution in [3.05, 3.63) is 62.7 Å². The molecule has 0 bridgehead atoms. The van der Waals surface area contributed by atoms with Gasteiger partial charge in [0.2, 0.25) is 0 Å². The highest BCUT2D eigenvalue weighted by Crippen LogP contribution is 2.01. The van der Waals surface area contributed by atoms with E-state index in [1.807, 2.05) is 0 Å². The number of ether oxygens (including phenoxy) is 6. The van der Waals surface area contributed by atoms with Gasteiger partial charge in [0.25, 0.3) is 0 Å². The highest BCUT2D eigenvalue weighted by Gasteiger charge is 2.15. The van der Waals surface area contributed by atoms with E-state index in [-0.39, 0.29) is 39.3 Å². The standard InChI is InChI=1S/C30H60N22O6/c31-43-37-1-19-53-25-13-50(14-26-54-20-2-38-44-32)10-7-49(8-11-51(15-27-55-21-3-39-45-33)16-28-56-22-4-40-46-34)9-12-52(17-29-57-23-5-41-47-35)18-30-58-24-6-42-48-36/h1-30H2. The zero-order valence-electron chi connectivity index (χ0n) is 33.5. The number of azide groups is 6. The van der Waals surface area contributed by atoms with E-state index in [4.69, 9.17) is 61.6 Å². The smallest absolute Gasteiger partial charge is 0.0593 e. The third kappa shape index (κ3) is 38.3. The summed E-state index contributed by atoms with van der Waals surface area (Å²) in [7, 11) is 0. The number of nitrogens with zero attached hydrogens (tertiary/aromatic N) is 22. The molecule has 0 amide bonds. The monoisotopic (exact) mass is 825 g/mol. The molecule has 0 aliphatic heterocycles. The van der Waals surface area contributed by atoms with Crippen LogP contribution in [0.1, 0.15) is 0 Å². The van der Waals surface area contributed by atoms with E-state index in [9.17, 15) is 0 Å². The van der Waals surface area contributed by atoms with E-state index < -0.39 is 0 Å². The molecule has 0 radical (unpaired) electrons. The van der Waals surface area contributed by atoms with Crippen molar-refractivity contribution in [2.45, 2.75) is 0 Å². The molecular weight excluding hydrogens is 764 g/mol. The first-order valence-electron chi connectivity index (χ1n) is 19.1. The second-order valence-corrected chi connectivity index (χ2v) is 11.8. The van der Waals surface area contributed by atoms with Crippen molar-refractivity contribution in [3.8, 4) is 0 Å². The first-order chi connectivity index (χ1) is 28.6. The Morgan fingerprint density at radius 1 is 0.241 bits per heavy atom. The molecule has 0 aromatic carbocycles. The van der Waals surface area contributed by atoms with Crippen molar-refractivity contribution in [3.63, 3.8) is 0 Å². The molecule has 0 N–H and O–H groups in total. The average molecular weight is 825 g/mol. The molecular formula is C30H60N22O6. The van der Waals surface area contributed by atoms with Gasteiger partial charge in [-0.15, -0.1) is 0 Å². The Kier molecular flexibility index (Phi) is 41.6. The summed E-state index contributed by atoms with van der Waals surface area (Å²) in [6.45, 7) is 13.8. The van der Waals surface area contributed by atoms with Crippen molar-refractivity contribution in [2.24, 2.45) is 30.7 Å². The molecule has 0 saturated heterocycles. The van der Waals surface area contributed by atoms with Gasteiger partial charge in [-0.05, 0) is 33.2 Å². The molecule has 0 atom stereocenters. The van der Waals surface area contributed by atoms with E-state index in [2.05, 4.69) is 79.8 Å². The molecule has 0 heterocycles. The van der Waals surface area contributed by atoms with Crippen LogP contribution < -0.4 is 0 Å². The van der Waals surface area contributed by atoms with E-state index >= 15 is 0 Å². The van der Waals surface area contributed by atoms with Crippen molar-refractivity contribution >= 4 is 0 Å². The molecule has 0 unspecified atom stereocenters. The van der Waals surface area contributed by atoms with Gasteiger partial charge in [-0.1, -0.05) is 30.7 Å². The Morgan fingerprint density at radius 3 is 0.552 bits per heavy atom. The fourth-order valence-corrected chi connectivity index (χ4v) is 4.87. The van der Waals surface area contributed by atoms with E-state index in [0.29, 0.717) is 158 Å². The molecule has 326 valence electrons. The fraction of sp³-hybridized carbons (Fsp3) is 1.00. The number of hydrogen-bond acceptors (Lipinski definition) is 16. The van der Waals surface area contributed by atoms with Gasteiger partial charge in [-0.3, -0.25) is 19.6 Å². The first kappa shape index (κ1) is 53.5. The molecule has 0 aromatic rings. The van der Waals surface area contributed by atoms with Crippen LogP contribution in [0.15, 0.2) is 30.7 Å². The second-order valence-electron chi connectivity index (χ2n) is 11.8. The molecule has 0 aliphatic rings. The van der Waals surface area contributed by atoms with Gasteiger partial charge in [0, 0.05) is 147 Å². The lowest BCUT2D eigenvalue weighted by atomic mass is 10.3. The van der Waals surface area contributed by atoms with Gasteiger partial charge in [0.05, 0.1) is 79.3 Å². The van der Waals surface area contributed by atoms with Crippen LogP contribution in [0.4, 0.5) is 0 Å². The predicted octanol–water partition coefficient (Wildman–Crippen LogP) is 4.16. The fourth-order valence-electron chi connectivity index (χ4n) is 4.87. The van der Waals surface area contributed by atoms with Crippen LogP contribution in [0.25, 0.3) is 62.7 Å². The molecule has 0 rings (SSSR count).